The summed E-state index contributed by atoms with van der Waals surface area (Å²) in [4.78, 5) is 12.4. The number of nitrogens with one attached hydrogen (secondary N) is 1. The summed E-state index contributed by atoms with van der Waals surface area (Å²) < 4.78 is 12.4. The zero-order chi connectivity index (χ0) is 13.7. The predicted octanol–water partition coefficient (Wildman–Crippen LogP) is 0.517. The monoisotopic (exact) mass is 263 g/mol. The van der Waals surface area contributed by atoms with E-state index in [1.54, 1.807) is 20.4 Å². The lowest BCUT2D eigenvalue weighted by Gasteiger charge is -2.11. The van der Waals surface area contributed by atoms with Crippen LogP contribution in [-0.2, 0) is 20.1 Å². The fourth-order valence-electron chi connectivity index (χ4n) is 1.75. The maximum absolute atomic E-state index is 5.21. The average Bonchev–Trinajstić information content (AvgIpc) is 2.84. The first-order chi connectivity index (χ1) is 9.26. The molecule has 0 aromatic carbocycles. The van der Waals surface area contributed by atoms with Gasteiger partial charge < -0.3 is 19.4 Å². The third kappa shape index (κ3) is 3.00. The fraction of sp³-hybridized carbons (Fsp3) is 0.417. The van der Waals surface area contributed by atoms with Gasteiger partial charge in [-0.1, -0.05) is 0 Å². The van der Waals surface area contributed by atoms with Crippen LogP contribution in [0, 0.1) is 0 Å². The van der Waals surface area contributed by atoms with Gasteiger partial charge in [-0.2, -0.15) is 0 Å². The Kier molecular flexibility index (Phi) is 4.30. The van der Waals surface area contributed by atoms with Gasteiger partial charge in [0.15, 0.2) is 0 Å². The Morgan fingerprint density at radius 2 is 1.79 bits per heavy atom. The lowest BCUT2D eigenvalue weighted by atomic mass is 10.3. The molecule has 19 heavy (non-hydrogen) atoms. The minimum absolute atomic E-state index is 0.513. The summed E-state index contributed by atoms with van der Waals surface area (Å²) in [5.74, 6) is 1.98. The molecule has 7 heteroatoms. The summed E-state index contributed by atoms with van der Waals surface area (Å²) in [6.45, 7) is 1.19. The van der Waals surface area contributed by atoms with E-state index in [0.717, 1.165) is 11.4 Å². The first kappa shape index (κ1) is 13.3. The van der Waals surface area contributed by atoms with Gasteiger partial charge in [0.25, 0.3) is 0 Å². The van der Waals surface area contributed by atoms with E-state index in [4.69, 9.17) is 9.47 Å². The van der Waals surface area contributed by atoms with E-state index in [0.29, 0.717) is 24.8 Å². The highest BCUT2D eigenvalue weighted by molar-refractivity contribution is 5.34. The van der Waals surface area contributed by atoms with Crippen LogP contribution in [0.1, 0.15) is 11.4 Å². The molecule has 0 aliphatic heterocycles. The highest BCUT2D eigenvalue weighted by Crippen LogP contribution is 2.22. The molecule has 0 bridgehead atoms. The van der Waals surface area contributed by atoms with Crippen LogP contribution in [0.5, 0.6) is 11.8 Å². The molecule has 0 fully saturated rings. The number of methoxy groups -OCH3 is 2. The standard InChI is InChI=1S/C12H17N5O2/c1-17-5-4-14-10(17)7-13-6-9-11(18-2)15-8-16-12(9)19-3/h4-5,8,13H,6-7H2,1-3H3. The Hall–Kier alpha value is -2.15. The SMILES string of the molecule is COc1ncnc(OC)c1CNCc1nccn1C. The lowest BCUT2D eigenvalue weighted by Crippen LogP contribution is -2.17. The normalized spacial score (nSPS) is 10.5. The zero-order valence-electron chi connectivity index (χ0n) is 11.3. The molecule has 0 aliphatic rings. The number of rotatable bonds is 6. The molecule has 0 saturated heterocycles. The Morgan fingerprint density at radius 1 is 1.11 bits per heavy atom. The first-order valence-corrected chi connectivity index (χ1v) is 5.85. The van der Waals surface area contributed by atoms with Crippen LogP contribution < -0.4 is 14.8 Å². The molecule has 0 radical (unpaired) electrons. The Bertz CT molecular complexity index is 518. The molecule has 1 N–H and O–H groups in total. The van der Waals surface area contributed by atoms with Crippen LogP contribution in [-0.4, -0.2) is 33.7 Å². The number of ether oxygens (including phenoxy) is 2. The van der Waals surface area contributed by atoms with Crippen LogP contribution in [0.15, 0.2) is 18.7 Å². The van der Waals surface area contributed by atoms with Gasteiger partial charge in [0.2, 0.25) is 11.8 Å². The number of nitrogens with zero attached hydrogens (tertiary/aromatic N) is 4. The molecule has 2 aromatic heterocycles. The van der Waals surface area contributed by atoms with Crippen molar-refractivity contribution in [2.75, 3.05) is 14.2 Å². The van der Waals surface area contributed by atoms with Crippen LogP contribution in [0.25, 0.3) is 0 Å². The van der Waals surface area contributed by atoms with Crippen molar-refractivity contribution < 1.29 is 9.47 Å². The van der Waals surface area contributed by atoms with E-state index in [1.165, 1.54) is 6.33 Å². The molecule has 0 atom stereocenters. The second-order valence-corrected chi connectivity index (χ2v) is 3.93. The first-order valence-electron chi connectivity index (χ1n) is 5.85. The molecule has 0 spiro atoms. The number of imidazole rings is 1. The van der Waals surface area contributed by atoms with Gasteiger partial charge in [-0.15, -0.1) is 0 Å². The van der Waals surface area contributed by atoms with E-state index in [9.17, 15) is 0 Å². The van der Waals surface area contributed by atoms with E-state index in [1.807, 2.05) is 17.8 Å². The van der Waals surface area contributed by atoms with E-state index >= 15 is 0 Å². The van der Waals surface area contributed by atoms with Crippen molar-refractivity contribution >= 4 is 0 Å². The molecule has 0 unspecified atom stereocenters. The maximum Gasteiger partial charge on any atom is 0.224 e. The minimum Gasteiger partial charge on any atom is -0.481 e. The summed E-state index contributed by atoms with van der Waals surface area (Å²) in [7, 11) is 5.10. The molecule has 2 aromatic rings. The molecule has 0 amide bonds. The summed E-state index contributed by atoms with van der Waals surface area (Å²) in [5, 5.41) is 3.27. The fourth-order valence-corrected chi connectivity index (χ4v) is 1.75. The van der Waals surface area contributed by atoms with Gasteiger partial charge in [-0.05, 0) is 0 Å². The van der Waals surface area contributed by atoms with Crippen molar-refractivity contribution in [3.05, 3.63) is 30.1 Å². The van der Waals surface area contributed by atoms with Crippen molar-refractivity contribution in [2.45, 2.75) is 13.1 Å². The van der Waals surface area contributed by atoms with Gasteiger partial charge >= 0.3 is 0 Å². The Balaban J connectivity index is 2.04. The molecule has 2 rings (SSSR count). The van der Waals surface area contributed by atoms with Crippen LogP contribution >= 0.6 is 0 Å². The van der Waals surface area contributed by atoms with Gasteiger partial charge in [0.05, 0.1) is 26.3 Å². The van der Waals surface area contributed by atoms with Crippen molar-refractivity contribution in [1.29, 1.82) is 0 Å². The highest BCUT2D eigenvalue weighted by atomic mass is 16.5. The molecule has 0 saturated carbocycles. The average molecular weight is 263 g/mol. The molecule has 0 aliphatic carbocycles. The van der Waals surface area contributed by atoms with Gasteiger partial charge in [0, 0.05) is 26.0 Å². The quantitative estimate of drug-likeness (QED) is 0.819. The third-order valence-electron chi connectivity index (χ3n) is 2.76. The maximum atomic E-state index is 5.21. The second-order valence-electron chi connectivity index (χ2n) is 3.93. The number of hydrogen-bond acceptors (Lipinski definition) is 6. The van der Waals surface area contributed by atoms with E-state index in [2.05, 4.69) is 20.3 Å². The van der Waals surface area contributed by atoms with Crippen molar-refractivity contribution in [3.63, 3.8) is 0 Å². The largest absolute Gasteiger partial charge is 0.481 e. The molecule has 2 heterocycles. The number of aryl methyl sites for hydroxylation is 1. The van der Waals surface area contributed by atoms with Crippen molar-refractivity contribution in [3.8, 4) is 11.8 Å². The molecular weight excluding hydrogens is 246 g/mol. The predicted molar refractivity (Wildman–Crippen MR) is 68.9 cm³/mol. The lowest BCUT2D eigenvalue weighted by molar-refractivity contribution is 0.359. The summed E-state index contributed by atoms with van der Waals surface area (Å²) in [6, 6.07) is 0. The van der Waals surface area contributed by atoms with Crippen LogP contribution in [0.3, 0.4) is 0 Å². The molecular formula is C12H17N5O2. The number of aromatic nitrogens is 4. The van der Waals surface area contributed by atoms with E-state index < -0.39 is 0 Å². The Morgan fingerprint density at radius 3 is 2.32 bits per heavy atom. The van der Waals surface area contributed by atoms with Gasteiger partial charge in [0.1, 0.15) is 12.2 Å². The molecule has 102 valence electrons. The third-order valence-corrected chi connectivity index (χ3v) is 2.76. The minimum atomic E-state index is 0.513. The smallest absolute Gasteiger partial charge is 0.224 e. The van der Waals surface area contributed by atoms with Crippen molar-refractivity contribution in [2.24, 2.45) is 7.05 Å². The second kappa shape index (κ2) is 6.14. The van der Waals surface area contributed by atoms with Gasteiger partial charge in [-0.25, -0.2) is 15.0 Å². The van der Waals surface area contributed by atoms with Gasteiger partial charge in [-0.3, -0.25) is 0 Å². The van der Waals surface area contributed by atoms with E-state index in [-0.39, 0.29) is 0 Å². The summed E-state index contributed by atoms with van der Waals surface area (Å²) >= 11 is 0. The van der Waals surface area contributed by atoms with Crippen LogP contribution in [0.4, 0.5) is 0 Å². The topological polar surface area (TPSA) is 74.1 Å². The van der Waals surface area contributed by atoms with Crippen LogP contribution in [0.2, 0.25) is 0 Å². The Labute approximate surface area is 111 Å². The summed E-state index contributed by atoms with van der Waals surface area (Å²) in [5.41, 5.74) is 0.793. The van der Waals surface area contributed by atoms with Crippen molar-refractivity contribution in [1.82, 2.24) is 24.8 Å². The molecule has 7 nitrogen and oxygen atoms in total. The highest BCUT2D eigenvalue weighted by Gasteiger charge is 2.12. The summed E-state index contributed by atoms with van der Waals surface area (Å²) in [6.07, 6.45) is 5.09. The number of hydrogen-bond donors (Lipinski definition) is 1. The zero-order valence-corrected chi connectivity index (χ0v) is 11.3.